The summed E-state index contributed by atoms with van der Waals surface area (Å²) in [6.45, 7) is 11.4. The summed E-state index contributed by atoms with van der Waals surface area (Å²) in [6.07, 6.45) is 1.08. The van der Waals surface area contributed by atoms with Crippen molar-refractivity contribution in [2.45, 2.75) is 32.9 Å². The van der Waals surface area contributed by atoms with E-state index < -0.39 is 0 Å². The van der Waals surface area contributed by atoms with Crippen LogP contribution in [0.25, 0.3) is 0 Å². The van der Waals surface area contributed by atoms with Crippen LogP contribution in [0, 0.1) is 0 Å². The van der Waals surface area contributed by atoms with Crippen molar-refractivity contribution in [3.05, 3.63) is 41.7 Å². The Morgan fingerprint density at radius 3 is 2.48 bits per heavy atom. The van der Waals surface area contributed by atoms with Gasteiger partial charge in [0.25, 0.3) is 0 Å². The molecule has 124 valence electrons. The van der Waals surface area contributed by atoms with E-state index in [-0.39, 0.29) is 0 Å². The van der Waals surface area contributed by atoms with E-state index in [0.29, 0.717) is 6.04 Å². The summed E-state index contributed by atoms with van der Waals surface area (Å²) in [4.78, 5) is 3.35. The van der Waals surface area contributed by atoms with Crippen LogP contribution in [0.1, 0.15) is 37.7 Å². The first-order valence-corrected chi connectivity index (χ1v) is 8.80. The Morgan fingerprint density at radius 1 is 1.09 bits per heavy atom. The van der Waals surface area contributed by atoms with E-state index in [1.807, 2.05) is 10.7 Å². The van der Waals surface area contributed by atoms with Crippen molar-refractivity contribution >= 4 is 0 Å². The average Bonchev–Trinajstić information content (AvgIpc) is 3.05. The van der Waals surface area contributed by atoms with E-state index in [4.69, 9.17) is 0 Å². The second kappa shape index (κ2) is 7.66. The summed E-state index contributed by atoms with van der Waals surface area (Å²) in [5.41, 5.74) is 1.24. The molecule has 2 aromatic rings. The molecule has 0 bridgehead atoms. The molecular weight excluding hydrogens is 288 g/mol. The third-order valence-electron chi connectivity index (χ3n) is 5.05. The number of likely N-dealkylation sites (N-methyl/N-ethyl adjacent to an activating group) is 1. The van der Waals surface area contributed by atoms with Crippen molar-refractivity contribution in [3.63, 3.8) is 0 Å². The molecule has 0 aliphatic carbocycles. The van der Waals surface area contributed by atoms with Crippen LogP contribution in [-0.2, 0) is 6.54 Å². The fraction of sp³-hybridized carbons (Fsp3) is 0.588. The molecule has 1 aromatic heterocycles. The lowest BCUT2D eigenvalue weighted by Crippen LogP contribution is -3.28. The lowest BCUT2D eigenvalue weighted by Gasteiger charge is -2.33. The molecule has 6 heteroatoms. The Morgan fingerprint density at radius 2 is 1.83 bits per heavy atom. The largest absolute Gasteiger partial charge is 0.326 e. The summed E-state index contributed by atoms with van der Waals surface area (Å²) in [6, 6.07) is 10.8. The molecule has 0 spiro atoms. The number of nitrogens with one attached hydrogen (secondary N) is 2. The molecule has 3 rings (SSSR count). The Balaban J connectivity index is 1.73. The third kappa shape index (κ3) is 3.76. The number of benzene rings is 1. The van der Waals surface area contributed by atoms with Gasteiger partial charge in [0.2, 0.25) is 5.82 Å². The van der Waals surface area contributed by atoms with Gasteiger partial charge in [0.05, 0.1) is 13.1 Å². The van der Waals surface area contributed by atoms with Gasteiger partial charge in [-0.25, -0.2) is 4.68 Å². The fourth-order valence-corrected chi connectivity index (χ4v) is 3.61. The van der Waals surface area contributed by atoms with Gasteiger partial charge in [-0.3, -0.25) is 0 Å². The molecule has 2 heterocycles. The highest BCUT2D eigenvalue weighted by Crippen LogP contribution is 2.11. The lowest BCUT2D eigenvalue weighted by atomic mass is 10.1. The number of tetrazole rings is 1. The molecule has 0 saturated carbocycles. The maximum absolute atomic E-state index is 4.37. The fourth-order valence-electron chi connectivity index (χ4n) is 3.61. The number of hydrogen-bond acceptors (Lipinski definition) is 3. The van der Waals surface area contributed by atoms with Gasteiger partial charge in [-0.1, -0.05) is 37.3 Å². The molecule has 1 aromatic carbocycles. The van der Waals surface area contributed by atoms with Gasteiger partial charge in [-0.2, -0.15) is 0 Å². The summed E-state index contributed by atoms with van der Waals surface area (Å²) < 4.78 is 1.98. The Bertz CT molecular complexity index is 588. The maximum Gasteiger partial charge on any atom is 0.209 e. The SMILES string of the molecule is CC[C@H](c1nnnn1Cc1ccccc1)[NH+]1CC[NH+](CC)CC1. The highest BCUT2D eigenvalue weighted by molar-refractivity contribution is 5.15. The van der Waals surface area contributed by atoms with Gasteiger partial charge in [0.15, 0.2) is 0 Å². The third-order valence-corrected chi connectivity index (χ3v) is 5.05. The monoisotopic (exact) mass is 316 g/mol. The van der Waals surface area contributed by atoms with Crippen LogP contribution >= 0.6 is 0 Å². The number of hydrogen-bond donors (Lipinski definition) is 2. The number of piperazine rings is 1. The number of rotatable bonds is 6. The van der Waals surface area contributed by atoms with Crippen LogP contribution in [-0.4, -0.2) is 52.9 Å². The molecule has 1 aliphatic rings. The zero-order chi connectivity index (χ0) is 16.1. The van der Waals surface area contributed by atoms with Gasteiger partial charge in [0.1, 0.15) is 32.2 Å². The predicted octanol–water partition coefficient (Wildman–Crippen LogP) is -1.02. The predicted molar refractivity (Wildman–Crippen MR) is 88.3 cm³/mol. The van der Waals surface area contributed by atoms with Crippen LogP contribution in [0.15, 0.2) is 30.3 Å². The van der Waals surface area contributed by atoms with Crippen LogP contribution < -0.4 is 9.80 Å². The molecule has 0 amide bonds. The quantitative estimate of drug-likeness (QED) is 0.717. The Labute approximate surface area is 138 Å². The highest BCUT2D eigenvalue weighted by atomic mass is 15.6. The molecule has 2 N–H and O–H groups in total. The van der Waals surface area contributed by atoms with Gasteiger partial charge in [-0.05, 0) is 22.9 Å². The zero-order valence-electron chi connectivity index (χ0n) is 14.2. The molecule has 23 heavy (non-hydrogen) atoms. The number of aromatic nitrogens is 4. The van der Waals surface area contributed by atoms with Gasteiger partial charge in [0, 0.05) is 6.42 Å². The normalized spacial score (nSPS) is 22.9. The molecule has 1 atom stereocenters. The Kier molecular flexibility index (Phi) is 5.35. The van der Waals surface area contributed by atoms with E-state index in [2.05, 4.69) is 53.6 Å². The molecular formula is C17H28N6+2. The summed E-state index contributed by atoms with van der Waals surface area (Å²) in [7, 11) is 0. The molecule has 1 fully saturated rings. The topological polar surface area (TPSA) is 52.5 Å². The average molecular weight is 316 g/mol. The number of nitrogens with zero attached hydrogens (tertiary/aromatic N) is 4. The smallest absolute Gasteiger partial charge is 0.209 e. The van der Waals surface area contributed by atoms with Crippen LogP contribution in [0.3, 0.4) is 0 Å². The molecule has 0 radical (unpaired) electrons. The van der Waals surface area contributed by atoms with Crippen molar-refractivity contribution < 1.29 is 9.80 Å². The van der Waals surface area contributed by atoms with E-state index in [9.17, 15) is 0 Å². The first kappa shape index (κ1) is 16.1. The summed E-state index contributed by atoms with van der Waals surface area (Å²) >= 11 is 0. The van der Waals surface area contributed by atoms with Crippen molar-refractivity contribution in [1.82, 2.24) is 20.2 Å². The second-order valence-electron chi connectivity index (χ2n) is 6.40. The lowest BCUT2D eigenvalue weighted by molar-refractivity contribution is -1.03. The van der Waals surface area contributed by atoms with E-state index in [1.54, 1.807) is 9.80 Å². The van der Waals surface area contributed by atoms with Crippen LogP contribution in [0.2, 0.25) is 0 Å². The van der Waals surface area contributed by atoms with Crippen molar-refractivity contribution in [1.29, 1.82) is 0 Å². The van der Waals surface area contributed by atoms with Crippen molar-refractivity contribution in [2.24, 2.45) is 0 Å². The molecule has 1 saturated heterocycles. The summed E-state index contributed by atoms with van der Waals surface area (Å²) in [5, 5.41) is 12.6. The van der Waals surface area contributed by atoms with E-state index in [0.717, 1.165) is 18.8 Å². The number of quaternary nitrogens is 2. The minimum Gasteiger partial charge on any atom is -0.326 e. The van der Waals surface area contributed by atoms with Crippen molar-refractivity contribution in [2.75, 3.05) is 32.7 Å². The minimum absolute atomic E-state index is 0.395. The van der Waals surface area contributed by atoms with Crippen LogP contribution in [0.5, 0.6) is 0 Å². The van der Waals surface area contributed by atoms with Gasteiger partial charge in [-0.15, -0.1) is 5.10 Å². The summed E-state index contributed by atoms with van der Waals surface area (Å²) in [5.74, 6) is 1.03. The standard InChI is InChI=1S/C17H26N6/c1-3-16(22-12-10-21(4-2)11-13-22)17-18-19-20-23(17)14-15-8-6-5-7-9-15/h5-9,16H,3-4,10-14H2,1-2H3/p+2/t16-/m1/s1. The maximum atomic E-state index is 4.37. The first-order chi connectivity index (χ1) is 11.3. The molecule has 6 nitrogen and oxygen atoms in total. The first-order valence-electron chi connectivity index (χ1n) is 8.80. The van der Waals surface area contributed by atoms with Crippen LogP contribution in [0.4, 0.5) is 0 Å². The second-order valence-corrected chi connectivity index (χ2v) is 6.40. The van der Waals surface area contributed by atoms with Gasteiger partial charge >= 0.3 is 0 Å². The minimum atomic E-state index is 0.395. The highest BCUT2D eigenvalue weighted by Gasteiger charge is 2.32. The zero-order valence-corrected chi connectivity index (χ0v) is 14.2. The molecule has 1 aliphatic heterocycles. The van der Waals surface area contributed by atoms with E-state index in [1.165, 1.54) is 38.3 Å². The van der Waals surface area contributed by atoms with Crippen molar-refractivity contribution in [3.8, 4) is 0 Å². The van der Waals surface area contributed by atoms with Gasteiger partial charge < -0.3 is 9.80 Å². The van der Waals surface area contributed by atoms with E-state index >= 15 is 0 Å². The molecule has 0 unspecified atom stereocenters. The Hall–Kier alpha value is -1.79.